The summed E-state index contributed by atoms with van der Waals surface area (Å²) in [6.45, 7) is 5.84. The van der Waals surface area contributed by atoms with Gasteiger partial charge in [-0.25, -0.2) is 0 Å². The molecule has 1 N–H and O–H groups in total. The molecule has 1 aromatic heterocycles. The van der Waals surface area contributed by atoms with Crippen LogP contribution >= 0.6 is 11.3 Å². The van der Waals surface area contributed by atoms with Crippen LogP contribution in [-0.2, 0) is 16.0 Å². The minimum Gasteiger partial charge on any atom is -0.481 e. The second-order valence-electron chi connectivity index (χ2n) is 6.57. The van der Waals surface area contributed by atoms with E-state index in [1.165, 1.54) is 15.3 Å². The lowest BCUT2D eigenvalue weighted by molar-refractivity contribution is -0.137. The number of carboxylic acid groups (broad SMARTS) is 1. The Morgan fingerprint density at radius 2 is 2.13 bits per heavy atom. The van der Waals surface area contributed by atoms with E-state index in [0.29, 0.717) is 18.8 Å². The molecule has 2 heterocycles. The van der Waals surface area contributed by atoms with Crippen molar-refractivity contribution in [2.24, 2.45) is 5.92 Å². The summed E-state index contributed by atoms with van der Waals surface area (Å²) in [5, 5.41) is 8.79. The van der Waals surface area contributed by atoms with Crippen LogP contribution in [0.3, 0.4) is 0 Å². The Hall–Kier alpha value is -1.36. The number of nitrogens with zero attached hydrogens (tertiary/aromatic N) is 1. The number of carbonyl (C=O) groups excluding carboxylic acids is 1. The van der Waals surface area contributed by atoms with E-state index in [1.807, 2.05) is 16.2 Å². The molecule has 0 saturated carbocycles. The Morgan fingerprint density at radius 3 is 2.78 bits per heavy atom. The highest BCUT2D eigenvalue weighted by atomic mass is 32.1. The van der Waals surface area contributed by atoms with Gasteiger partial charge in [-0.05, 0) is 63.5 Å². The molecule has 23 heavy (non-hydrogen) atoms. The Balaban J connectivity index is 1.74. The predicted octanol–water partition coefficient (Wildman–Crippen LogP) is 3.79. The van der Waals surface area contributed by atoms with Gasteiger partial charge in [-0.1, -0.05) is 0 Å². The molecule has 1 aliphatic heterocycles. The fourth-order valence-corrected chi connectivity index (χ4v) is 4.35. The topological polar surface area (TPSA) is 57.6 Å². The van der Waals surface area contributed by atoms with E-state index in [-0.39, 0.29) is 12.3 Å². The van der Waals surface area contributed by atoms with Crippen LogP contribution < -0.4 is 0 Å². The average Bonchev–Trinajstić information content (AvgIpc) is 2.83. The molecule has 0 unspecified atom stereocenters. The summed E-state index contributed by atoms with van der Waals surface area (Å²) in [7, 11) is 0. The number of aliphatic carboxylic acids is 1. The van der Waals surface area contributed by atoms with Crippen molar-refractivity contribution in [3.8, 4) is 0 Å². The number of thiophene rings is 1. The minimum absolute atomic E-state index is 0.212. The predicted molar refractivity (Wildman–Crippen MR) is 92.9 cm³/mol. The van der Waals surface area contributed by atoms with E-state index >= 15 is 0 Å². The van der Waals surface area contributed by atoms with Gasteiger partial charge in [0.2, 0.25) is 5.91 Å². The number of aryl methyl sites for hydroxylation is 3. The number of hydrogen-bond acceptors (Lipinski definition) is 3. The number of carboxylic acids is 1. The van der Waals surface area contributed by atoms with Gasteiger partial charge in [0.15, 0.2) is 0 Å². The highest BCUT2D eigenvalue weighted by Gasteiger charge is 2.23. The first kappa shape index (κ1) is 18.0. The van der Waals surface area contributed by atoms with Crippen molar-refractivity contribution < 1.29 is 14.7 Å². The smallest absolute Gasteiger partial charge is 0.303 e. The molecule has 1 aliphatic rings. The van der Waals surface area contributed by atoms with Crippen molar-refractivity contribution in [3.63, 3.8) is 0 Å². The highest BCUT2D eigenvalue weighted by molar-refractivity contribution is 7.12. The van der Waals surface area contributed by atoms with Gasteiger partial charge >= 0.3 is 5.97 Å². The van der Waals surface area contributed by atoms with E-state index in [9.17, 15) is 9.59 Å². The first-order valence-electron chi connectivity index (χ1n) is 8.51. The van der Waals surface area contributed by atoms with Crippen molar-refractivity contribution in [1.29, 1.82) is 0 Å². The molecule has 0 radical (unpaired) electrons. The van der Waals surface area contributed by atoms with Crippen LogP contribution in [0.1, 0.15) is 53.8 Å². The Morgan fingerprint density at radius 1 is 1.35 bits per heavy atom. The lowest BCUT2D eigenvalue weighted by atomic mass is 9.93. The van der Waals surface area contributed by atoms with E-state index in [1.54, 1.807) is 0 Å². The Kier molecular flexibility index (Phi) is 6.63. The Labute approximate surface area is 142 Å². The number of amides is 1. The third-order valence-electron chi connectivity index (χ3n) is 4.62. The highest BCUT2D eigenvalue weighted by Crippen LogP contribution is 2.24. The second kappa shape index (κ2) is 8.48. The maximum Gasteiger partial charge on any atom is 0.303 e. The van der Waals surface area contributed by atoms with Gasteiger partial charge in [0.1, 0.15) is 0 Å². The fourth-order valence-electron chi connectivity index (χ4n) is 3.37. The molecule has 0 aromatic carbocycles. The zero-order chi connectivity index (χ0) is 16.8. The van der Waals surface area contributed by atoms with Crippen LogP contribution in [-0.4, -0.2) is 35.0 Å². The molecule has 1 amide bonds. The largest absolute Gasteiger partial charge is 0.481 e. The maximum absolute atomic E-state index is 12.4. The van der Waals surface area contributed by atoms with Gasteiger partial charge in [0, 0.05) is 35.7 Å². The number of carbonyl (C=O) groups is 2. The van der Waals surface area contributed by atoms with Gasteiger partial charge in [0.25, 0.3) is 0 Å². The SMILES string of the molecule is Cc1cc(CCCC(=O)N2CCC[C@@H](CCC(=O)O)C2)c(C)s1. The van der Waals surface area contributed by atoms with Crippen LogP contribution in [0.4, 0.5) is 0 Å². The third-order valence-corrected chi connectivity index (χ3v) is 5.63. The van der Waals surface area contributed by atoms with Gasteiger partial charge < -0.3 is 10.0 Å². The molecule has 4 nitrogen and oxygen atoms in total. The molecule has 1 aromatic rings. The average molecular weight is 337 g/mol. The molecule has 0 aliphatic carbocycles. The summed E-state index contributed by atoms with van der Waals surface area (Å²) in [6, 6.07) is 2.23. The van der Waals surface area contributed by atoms with Crippen molar-refractivity contribution in [1.82, 2.24) is 4.90 Å². The molecule has 5 heteroatoms. The molecule has 1 saturated heterocycles. The fraction of sp³-hybridized carbons (Fsp3) is 0.667. The number of likely N-dealkylation sites (tertiary alicyclic amines) is 1. The molecule has 128 valence electrons. The van der Waals surface area contributed by atoms with E-state index in [4.69, 9.17) is 5.11 Å². The van der Waals surface area contributed by atoms with E-state index in [0.717, 1.165) is 38.8 Å². The minimum atomic E-state index is -0.741. The first-order chi connectivity index (χ1) is 11.0. The van der Waals surface area contributed by atoms with Crippen molar-refractivity contribution >= 4 is 23.2 Å². The van der Waals surface area contributed by atoms with Crippen LogP contribution in [0.25, 0.3) is 0 Å². The van der Waals surface area contributed by atoms with Crippen LogP contribution in [0, 0.1) is 19.8 Å². The van der Waals surface area contributed by atoms with E-state index < -0.39 is 5.97 Å². The van der Waals surface area contributed by atoms with Crippen LogP contribution in [0.2, 0.25) is 0 Å². The summed E-state index contributed by atoms with van der Waals surface area (Å²) in [6.07, 6.45) is 5.41. The van der Waals surface area contributed by atoms with Crippen molar-refractivity contribution in [3.05, 3.63) is 21.4 Å². The maximum atomic E-state index is 12.4. The standard InChI is InChI=1S/C18H27NO3S/c1-13-11-16(14(2)23-13)6-3-7-17(20)19-10-4-5-15(12-19)8-9-18(21)22/h11,15H,3-10,12H2,1-2H3,(H,21,22)/t15-/m0/s1. The van der Waals surface area contributed by atoms with Crippen molar-refractivity contribution in [2.45, 2.75) is 58.8 Å². The van der Waals surface area contributed by atoms with Crippen LogP contribution in [0.5, 0.6) is 0 Å². The molecule has 0 spiro atoms. The second-order valence-corrected chi connectivity index (χ2v) is 8.03. The third kappa shape index (κ3) is 5.65. The zero-order valence-electron chi connectivity index (χ0n) is 14.1. The van der Waals surface area contributed by atoms with Crippen molar-refractivity contribution in [2.75, 3.05) is 13.1 Å². The molecular weight excluding hydrogens is 310 g/mol. The normalized spacial score (nSPS) is 18.2. The lowest BCUT2D eigenvalue weighted by Gasteiger charge is -2.32. The Bertz CT molecular complexity index is 552. The molecule has 1 fully saturated rings. The van der Waals surface area contributed by atoms with Gasteiger partial charge in [0.05, 0.1) is 0 Å². The monoisotopic (exact) mass is 337 g/mol. The number of hydrogen-bond donors (Lipinski definition) is 1. The molecule has 1 atom stereocenters. The quantitative estimate of drug-likeness (QED) is 0.823. The summed E-state index contributed by atoms with van der Waals surface area (Å²) >= 11 is 1.82. The molecule has 0 bridgehead atoms. The van der Waals surface area contributed by atoms with Crippen LogP contribution in [0.15, 0.2) is 6.07 Å². The van der Waals surface area contributed by atoms with Gasteiger partial charge in [-0.2, -0.15) is 0 Å². The summed E-state index contributed by atoms with van der Waals surface area (Å²) in [5.41, 5.74) is 1.37. The summed E-state index contributed by atoms with van der Waals surface area (Å²) < 4.78 is 0. The molecular formula is C18H27NO3S. The summed E-state index contributed by atoms with van der Waals surface area (Å²) in [5.74, 6) is -0.157. The number of rotatable bonds is 7. The lowest BCUT2D eigenvalue weighted by Crippen LogP contribution is -2.40. The first-order valence-corrected chi connectivity index (χ1v) is 9.33. The number of piperidine rings is 1. The van der Waals surface area contributed by atoms with Gasteiger partial charge in [-0.15, -0.1) is 11.3 Å². The molecule has 2 rings (SSSR count). The summed E-state index contributed by atoms with van der Waals surface area (Å²) in [4.78, 5) is 27.7. The van der Waals surface area contributed by atoms with Gasteiger partial charge in [-0.3, -0.25) is 9.59 Å². The van der Waals surface area contributed by atoms with E-state index in [2.05, 4.69) is 19.9 Å². The zero-order valence-corrected chi connectivity index (χ0v) is 15.0.